The van der Waals surface area contributed by atoms with Gasteiger partial charge in [0.25, 0.3) is 5.91 Å². The summed E-state index contributed by atoms with van der Waals surface area (Å²) in [7, 11) is 0. The molecule has 1 aromatic heterocycles. The van der Waals surface area contributed by atoms with Gasteiger partial charge in [-0.2, -0.15) is 5.26 Å². The average molecular weight is 287 g/mol. The Morgan fingerprint density at radius 3 is 2.67 bits per heavy atom. The van der Waals surface area contributed by atoms with Gasteiger partial charge in [0.15, 0.2) is 0 Å². The van der Waals surface area contributed by atoms with Crippen LogP contribution in [0.3, 0.4) is 0 Å². The maximum absolute atomic E-state index is 12.0. The summed E-state index contributed by atoms with van der Waals surface area (Å²) in [4.78, 5) is 12.0. The van der Waals surface area contributed by atoms with E-state index in [4.69, 9.17) is 0 Å². The van der Waals surface area contributed by atoms with Gasteiger partial charge in [0.1, 0.15) is 11.6 Å². The number of nitrogens with zero attached hydrogens (tertiary/aromatic N) is 2. The minimum Gasteiger partial charge on any atom is -0.351 e. The largest absolute Gasteiger partial charge is 0.351 e. The van der Waals surface area contributed by atoms with Gasteiger partial charge < -0.3 is 9.88 Å². The van der Waals surface area contributed by atoms with Crippen LogP contribution in [0.15, 0.2) is 11.6 Å². The first-order chi connectivity index (χ1) is 9.90. The van der Waals surface area contributed by atoms with Crippen LogP contribution < -0.4 is 5.32 Å². The fourth-order valence-corrected chi connectivity index (χ4v) is 2.24. The predicted molar refractivity (Wildman–Crippen MR) is 85.6 cm³/mol. The molecule has 114 valence electrons. The fraction of sp³-hybridized carbons (Fsp3) is 0.529. The van der Waals surface area contributed by atoms with E-state index in [2.05, 4.69) is 16.8 Å². The second-order valence-corrected chi connectivity index (χ2v) is 5.75. The highest BCUT2D eigenvalue weighted by atomic mass is 16.1. The summed E-state index contributed by atoms with van der Waals surface area (Å²) in [6.45, 7) is 11.8. The molecule has 0 atom stereocenters. The van der Waals surface area contributed by atoms with Gasteiger partial charge in [-0.05, 0) is 43.9 Å². The molecule has 0 spiro atoms. The molecule has 0 aliphatic heterocycles. The zero-order chi connectivity index (χ0) is 16.0. The van der Waals surface area contributed by atoms with Crippen LogP contribution in [0, 0.1) is 31.1 Å². The Bertz CT molecular complexity index is 574. The smallest absolute Gasteiger partial charge is 0.261 e. The summed E-state index contributed by atoms with van der Waals surface area (Å²) in [5.74, 6) is 0.0648. The van der Waals surface area contributed by atoms with E-state index >= 15 is 0 Å². The van der Waals surface area contributed by atoms with Crippen molar-refractivity contribution < 1.29 is 4.79 Å². The Morgan fingerprint density at radius 2 is 2.14 bits per heavy atom. The van der Waals surface area contributed by atoms with Gasteiger partial charge in [0, 0.05) is 24.5 Å². The first kappa shape index (κ1) is 17.0. The molecule has 1 aromatic rings. The summed E-state index contributed by atoms with van der Waals surface area (Å²) in [6.07, 6.45) is 2.74. The predicted octanol–water partition coefficient (Wildman–Crippen LogP) is 3.19. The van der Waals surface area contributed by atoms with Crippen molar-refractivity contribution in [2.75, 3.05) is 6.54 Å². The maximum Gasteiger partial charge on any atom is 0.261 e. The highest BCUT2D eigenvalue weighted by Crippen LogP contribution is 2.18. The summed E-state index contributed by atoms with van der Waals surface area (Å²) >= 11 is 0. The van der Waals surface area contributed by atoms with Gasteiger partial charge in [-0.1, -0.05) is 20.8 Å². The van der Waals surface area contributed by atoms with E-state index < -0.39 is 0 Å². The minimum absolute atomic E-state index is 0.160. The zero-order valence-corrected chi connectivity index (χ0v) is 13.7. The number of hydrogen-bond donors (Lipinski definition) is 1. The first-order valence-electron chi connectivity index (χ1n) is 7.47. The average Bonchev–Trinajstić information content (AvgIpc) is 2.70. The number of nitriles is 1. The standard InChI is InChI=1S/C17H25N3O/c1-6-7-20-13(4)8-15(14(20)5)9-16(10-18)17(21)19-11-12(2)3/h8-9,12H,6-7,11H2,1-5H3,(H,19,21)/b16-9+. The molecule has 21 heavy (non-hydrogen) atoms. The molecule has 0 saturated carbocycles. The molecule has 4 heteroatoms. The van der Waals surface area contributed by atoms with E-state index in [0.29, 0.717) is 12.5 Å². The van der Waals surface area contributed by atoms with Crippen molar-refractivity contribution in [3.8, 4) is 6.07 Å². The number of hydrogen-bond acceptors (Lipinski definition) is 2. The molecule has 0 fully saturated rings. The normalized spacial score (nSPS) is 11.6. The number of carbonyl (C=O) groups is 1. The number of nitrogens with one attached hydrogen (secondary N) is 1. The lowest BCUT2D eigenvalue weighted by molar-refractivity contribution is -0.117. The quantitative estimate of drug-likeness (QED) is 0.645. The second kappa shape index (κ2) is 7.68. The van der Waals surface area contributed by atoms with E-state index in [1.165, 1.54) is 0 Å². The van der Waals surface area contributed by atoms with E-state index in [1.54, 1.807) is 6.08 Å². The molecule has 0 aromatic carbocycles. The third-order valence-corrected chi connectivity index (χ3v) is 3.40. The molecular formula is C17H25N3O. The number of aryl methyl sites for hydroxylation is 1. The number of rotatable bonds is 6. The Hall–Kier alpha value is -2.02. The SMILES string of the molecule is CCCn1c(C)cc(/C=C(\C#N)C(=O)NCC(C)C)c1C. The summed E-state index contributed by atoms with van der Waals surface area (Å²) in [5, 5.41) is 12.0. The summed E-state index contributed by atoms with van der Waals surface area (Å²) < 4.78 is 2.22. The topological polar surface area (TPSA) is 57.8 Å². The van der Waals surface area contributed by atoms with Crippen LogP contribution >= 0.6 is 0 Å². The molecule has 0 bridgehead atoms. The number of aromatic nitrogens is 1. The molecule has 1 heterocycles. The maximum atomic E-state index is 12.0. The van der Waals surface area contributed by atoms with Gasteiger partial charge in [-0.15, -0.1) is 0 Å². The van der Waals surface area contributed by atoms with Gasteiger partial charge in [0.05, 0.1) is 0 Å². The van der Waals surface area contributed by atoms with Crippen molar-refractivity contribution in [1.82, 2.24) is 9.88 Å². The Kier molecular flexibility index (Phi) is 6.23. The van der Waals surface area contributed by atoms with Crippen LogP contribution in [0.5, 0.6) is 0 Å². The zero-order valence-electron chi connectivity index (χ0n) is 13.7. The monoisotopic (exact) mass is 287 g/mol. The van der Waals surface area contributed by atoms with Crippen LogP contribution in [0.2, 0.25) is 0 Å². The Balaban J connectivity index is 3.01. The van der Waals surface area contributed by atoms with E-state index in [1.807, 2.05) is 39.8 Å². The van der Waals surface area contributed by atoms with Crippen molar-refractivity contribution in [3.05, 3.63) is 28.6 Å². The lowest BCUT2D eigenvalue weighted by Gasteiger charge is -2.08. The lowest BCUT2D eigenvalue weighted by Crippen LogP contribution is -2.28. The number of carbonyl (C=O) groups excluding carboxylic acids is 1. The highest BCUT2D eigenvalue weighted by molar-refractivity contribution is 6.01. The van der Waals surface area contributed by atoms with E-state index in [9.17, 15) is 10.1 Å². The van der Waals surface area contributed by atoms with Crippen molar-refractivity contribution in [3.63, 3.8) is 0 Å². The molecule has 1 amide bonds. The summed E-state index contributed by atoms with van der Waals surface area (Å²) in [6, 6.07) is 4.03. The van der Waals surface area contributed by atoms with Crippen LogP contribution in [0.4, 0.5) is 0 Å². The summed E-state index contributed by atoms with van der Waals surface area (Å²) in [5.41, 5.74) is 3.35. The van der Waals surface area contributed by atoms with Gasteiger partial charge in [0.2, 0.25) is 0 Å². The second-order valence-electron chi connectivity index (χ2n) is 5.75. The van der Waals surface area contributed by atoms with Crippen LogP contribution in [-0.4, -0.2) is 17.0 Å². The van der Waals surface area contributed by atoms with E-state index in [0.717, 1.165) is 29.9 Å². The van der Waals surface area contributed by atoms with Gasteiger partial charge >= 0.3 is 0 Å². The van der Waals surface area contributed by atoms with Crippen LogP contribution in [0.25, 0.3) is 6.08 Å². The Morgan fingerprint density at radius 1 is 1.48 bits per heavy atom. The van der Waals surface area contributed by atoms with Gasteiger partial charge in [-0.3, -0.25) is 4.79 Å². The lowest BCUT2D eigenvalue weighted by atomic mass is 10.1. The van der Waals surface area contributed by atoms with Crippen molar-refractivity contribution in [1.29, 1.82) is 5.26 Å². The van der Waals surface area contributed by atoms with Crippen LogP contribution in [-0.2, 0) is 11.3 Å². The van der Waals surface area contributed by atoms with Crippen molar-refractivity contribution >= 4 is 12.0 Å². The van der Waals surface area contributed by atoms with Crippen LogP contribution in [0.1, 0.15) is 44.1 Å². The molecule has 0 aliphatic carbocycles. The molecule has 0 unspecified atom stereocenters. The van der Waals surface area contributed by atoms with Gasteiger partial charge in [-0.25, -0.2) is 0 Å². The minimum atomic E-state index is -0.300. The molecule has 0 aliphatic rings. The number of amides is 1. The molecular weight excluding hydrogens is 262 g/mol. The highest BCUT2D eigenvalue weighted by Gasteiger charge is 2.12. The molecule has 1 rings (SSSR count). The molecule has 0 saturated heterocycles. The fourth-order valence-electron chi connectivity index (χ4n) is 2.24. The Labute approximate surface area is 127 Å². The van der Waals surface area contributed by atoms with E-state index in [-0.39, 0.29) is 11.5 Å². The third kappa shape index (κ3) is 4.49. The molecule has 1 N–H and O–H groups in total. The molecule has 0 radical (unpaired) electrons. The molecule has 4 nitrogen and oxygen atoms in total. The van der Waals surface area contributed by atoms with Crippen molar-refractivity contribution in [2.24, 2.45) is 5.92 Å². The van der Waals surface area contributed by atoms with Crippen molar-refractivity contribution in [2.45, 2.75) is 47.6 Å². The first-order valence-corrected chi connectivity index (χ1v) is 7.47. The third-order valence-electron chi connectivity index (χ3n) is 3.40.